The summed E-state index contributed by atoms with van der Waals surface area (Å²) in [6.07, 6.45) is 0. The lowest BCUT2D eigenvalue weighted by atomic mass is 10.3. The van der Waals surface area contributed by atoms with Crippen LogP contribution in [0.1, 0.15) is 12.6 Å². The molecule has 0 atom stereocenters. The minimum atomic E-state index is -0.718. The van der Waals surface area contributed by atoms with Gasteiger partial charge in [0.05, 0.1) is 15.5 Å². The summed E-state index contributed by atoms with van der Waals surface area (Å²) in [6, 6.07) is 1.91. The summed E-state index contributed by atoms with van der Waals surface area (Å²) in [6.45, 7) is 2.60. The van der Waals surface area contributed by atoms with Crippen molar-refractivity contribution in [2.45, 2.75) is 13.5 Å². The van der Waals surface area contributed by atoms with Gasteiger partial charge in [-0.3, -0.25) is 10.1 Å². The Bertz CT molecular complexity index is 667. The van der Waals surface area contributed by atoms with Crippen LogP contribution >= 0.6 is 27.5 Å². The number of rotatable bonds is 6. The highest BCUT2D eigenvalue weighted by atomic mass is 79.9. The molecule has 112 valence electrons. The summed E-state index contributed by atoms with van der Waals surface area (Å²) in [5.41, 5.74) is 0.0856. The summed E-state index contributed by atoms with van der Waals surface area (Å²) < 4.78 is 22.6. The van der Waals surface area contributed by atoms with E-state index in [4.69, 9.17) is 4.74 Å². The van der Waals surface area contributed by atoms with E-state index in [1.54, 1.807) is 0 Å². The van der Waals surface area contributed by atoms with Gasteiger partial charge in [-0.1, -0.05) is 4.49 Å². The number of nitrogens with zero attached hydrogens (tertiary/aromatic N) is 3. The van der Waals surface area contributed by atoms with Crippen LogP contribution in [0.4, 0.5) is 15.1 Å². The quantitative estimate of drug-likeness (QED) is 0.613. The van der Waals surface area contributed by atoms with Crippen molar-refractivity contribution in [2.24, 2.45) is 0 Å². The van der Waals surface area contributed by atoms with E-state index in [2.05, 4.69) is 30.8 Å². The number of hydrogen-bond donors (Lipinski definition) is 1. The summed E-state index contributed by atoms with van der Waals surface area (Å²) in [4.78, 5) is 10.3. The molecule has 0 saturated carbocycles. The van der Waals surface area contributed by atoms with Crippen molar-refractivity contribution >= 4 is 38.2 Å². The molecule has 0 bridgehead atoms. The van der Waals surface area contributed by atoms with Crippen molar-refractivity contribution in [3.63, 3.8) is 0 Å². The molecule has 0 aliphatic rings. The molecule has 1 aromatic heterocycles. The van der Waals surface area contributed by atoms with Gasteiger partial charge in [0.25, 0.3) is 0 Å². The van der Waals surface area contributed by atoms with Crippen molar-refractivity contribution < 1.29 is 14.1 Å². The van der Waals surface area contributed by atoms with Gasteiger partial charge in [0.1, 0.15) is 23.1 Å². The smallest absolute Gasteiger partial charge is 0.315 e. The standard InChI is InChI=1S/C11H10BrFN4O3S/c1-2-14-11-8(15-16-21-11)5-20-10-7(12)3-6(13)4-9(10)17(18)19/h3-4,14H,2,5H2,1H3. The van der Waals surface area contributed by atoms with E-state index in [0.717, 1.165) is 17.1 Å². The predicted octanol–water partition coefficient (Wildman–Crippen LogP) is 3.36. The number of halogens is 2. The fourth-order valence-corrected chi connectivity index (χ4v) is 2.74. The van der Waals surface area contributed by atoms with Gasteiger partial charge in [-0.05, 0) is 28.9 Å². The van der Waals surface area contributed by atoms with Gasteiger partial charge in [0.15, 0.2) is 0 Å². The second kappa shape index (κ2) is 6.76. The molecule has 1 aromatic carbocycles. The van der Waals surface area contributed by atoms with Crippen LogP contribution in [0, 0.1) is 15.9 Å². The average Bonchev–Trinajstić information content (AvgIpc) is 2.85. The van der Waals surface area contributed by atoms with Gasteiger partial charge in [-0.15, -0.1) is 5.10 Å². The van der Waals surface area contributed by atoms with Crippen LogP contribution in [0.2, 0.25) is 0 Å². The van der Waals surface area contributed by atoms with Crippen LogP contribution in [-0.2, 0) is 6.61 Å². The van der Waals surface area contributed by atoms with E-state index in [0.29, 0.717) is 12.2 Å². The third kappa shape index (κ3) is 3.64. The lowest BCUT2D eigenvalue weighted by Gasteiger charge is -2.08. The first-order valence-electron chi connectivity index (χ1n) is 5.84. The molecule has 10 heteroatoms. The molecule has 2 rings (SSSR count). The van der Waals surface area contributed by atoms with Crippen molar-refractivity contribution in [3.8, 4) is 5.75 Å². The van der Waals surface area contributed by atoms with Gasteiger partial charge in [-0.25, -0.2) is 4.39 Å². The Morgan fingerprint density at radius 1 is 1.57 bits per heavy atom. The maximum atomic E-state index is 13.2. The Hall–Kier alpha value is -1.81. The molecular weight excluding hydrogens is 367 g/mol. The normalized spacial score (nSPS) is 10.4. The Morgan fingerprint density at radius 2 is 2.33 bits per heavy atom. The van der Waals surface area contributed by atoms with Crippen LogP contribution in [0.3, 0.4) is 0 Å². The molecule has 0 aliphatic carbocycles. The maximum absolute atomic E-state index is 13.2. The molecule has 7 nitrogen and oxygen atoms in total. The number of nitrogens with one attached hydrogen (secondary N) is 1. The van der Waals surface area contributed by atoms with Crippen LogP contribution < -0.4 is 10.1 Å². The minimum absolute atomic E-state index is 0.0100. The maximum Gasteiger partial charge on any atom is 0.315 e. The van der Waals surface area contributed by atoms with Crippen LogP contribution in [0.25, 0.3) is 0 Å². The van der Waals surface area contributed by atoms with Gasteiger partial charge >= 0.3 is 5.69 Å². The van der Waals surface area contributed by atoms with Gasteiger partial charge < -0.3 is 10.1 Å². The fourth-order valence-electron chi connectivity index (χ4n) is 1.56. The van der Waals surface area contributed by atoms with Crippen LogP contribution in [0.15, 0.2) is 16.6 Å². The Kier molecular flexibility index (Phi) is 5.02. The summed E-state index contributed by atoms with van der Waals surface area (Å²) in [7, 11) is 0. The molecule has 0 amide bonds. The second-order valence-electron chi connectivity index (χ2n) is 3.86. The molecule has 0 aliphatic heterocycles. The zero-order valence-corrected chi connectivity index (χ0v) is 13.2. The number of benzene rings is 1. The van der Waals surface area contributed by atoms with E-state index < -0.39 is 16.4 Å². The number of ether oxygens (including phenoxy) is 1. The Balaban J connectivity index is 2.23. The predicted molar refractivity (Wildman–Crippen MR) is 79.2 cm³/mol. The largest absolute Gasteiger partial charge is 0.479 e. The highest BCUT2D eigenvalue weighted by Gasteiger charge is 2.21. The topological polar surface area (TPSA) is 90.2 Å². The lowest BCUT2D eigenvalue weighted by molar-refractivity contribution is -0.386. The first-order valence-corrected chi connectivity index (χ1v) is 7.41. The number of nitro benzene ring substituents is 1. The number of hydrogen-bond acceptors (Lipinski definition) is 7. The van der Waals surface area contributed by atoms with Crippen molar-refractivity contribution in [1.82, 2.24) is 9.59 Å². The monoisotopic (exact) mass is 376 g/mol. The van der Waals surface area contributed by atoms with E-state index >= 15 is 0 Å². The highest BCUT2D eigenvalue weighted by Crippen LogP contribution is 2.36. The lowest BCUT2D eigenvalue weighted by Crippen LogP contribution is -2.04. The molecule has 0 unspecified atom stereocenters. The number of nitro groups is 1. The Morgan fingerprint density at radius 3 is 3.00 bits per heavy atom. The zero-order chi connectivity index (χ0) is 15.4. The molecule has 2 aromatic rings. The van der Waals surface area contributed by atoms with E-state index in [-0.39, 0.29) is 16.8 Å². The molecule has 0 fully saturated rings. The third-order valence-electron chi connectivity index (χ3n) is 2.43. The zero-order valence-electron chi connectivity index (χ0n) is 10.8. The van der Waals surface area contributed by atoms with E-state index in [1.165, 1.54) is 11.5 Å². The number of aromatic nitrogens is 2. The average molecular weight is 377 g/mol. The molecular formula is C11H10BrFN4O3S. The molecule has 0 radical (unpaired) electrons. The van der Waals surface area contributed by atoms with Crippen LogP contribution in [-0.4, -0.2) is 21.1 Å². The van der Waals surface area contributed by atoms with E-state index in [9.17, 15) is 14.5 Å². The number of anilines is 1. The first-order chi connectivity index (χ1) is 10.0. The second-order valence-corrected chi connectivity index (χ2v) is 5.47. The fraction of sp³-hybridized carbons (Fsp3) is 0.273. The third-order valence-corrected chi connectivity index (χ3v) is 3.75. The van der Waals surface area contributed by atoms with Crippen molar-refractivity contribution in [2.75, 3.05) is 11.9 Å². The van der Waals surface area contributed by atoms with Gasteiger partial charge in [0, 0.05) is 18.1 Å². The van der Waals surface area contributed by atoms with Gasteiger partial charge in [0.2, 0.25) is 5.75 Å². The summed E-state index contributed by atoms with van der Waals surface area (Å²) in [5, 5.41) is 18.6. The molecule has 1 heterocycles. The van der Waals surface area contributed by atoms with Gasteiger partial charge in [-0.2, -0.15) is 0 Å². The van der Waals surface area contributed by atoms with Crippen molar-refractivity contribution in [1.29, 1.82) is 0 Å². The summed E-state index contributed by atoms with van der Waals surface area (Å²) >= 11 is 4.23. The molecule has 0 saturated heterocycles. The minimum Gasteiger partial charge on any atom is -0.479 e. The van der Waals surface area contributed by atoms with Crippen LogP contribution in [0.5, 0.6) is 5.75 Å². The summed E-state index contributed by atoms with van der Waals surface area (Å²) in [5.74, 6) is -0.763. The van der Waals surface area contributed by atoms with E-state index in [1.807, 2.05) is 6.92 Å². The SMILES string of the molecule is CCNc1snnc1COc1c(Br)cc(F)cc1[N+](=O)[O-]. The highest BCUT2D eigenvalue weighted by molar-refractivity contribution is 9.10. The molecule has 21 heavy (non-hydrogen) atoms. The Labute approximate surface area is 131 Å². The first kappa shape index (κ1) is 15.6. The van der Waals surface area contributed by atoms with Crippen molar-refractivity contribution in [3.05, 3.63) is 38.2 Å². The molecule has 1 N–H and O–H groups in total. The molecule has 0 spiro atoms.